The molecule has 0 radical (unpaired) electrons. The number of carbonyl (C=O) groups is 1. The zero-order chi connectivity index (χ0) is 17.2. The van der Waals surface area contributed by atoms with E-state index in [1.807, 2.05) is 0 Å². The zero-order valence-electron chi connectivity index (χ0n) is 11.1. The number of carbonyl (C=O) groups excluding carboxylic acids is 1. The first-order valence-corrected chi connectivity index (χ1v) is 7.20. The average Bonchev–Trinajstić information content (AvgIpc) is 2.44. The van der Waals surface area contributed by atoms with Crippen LogP contribution in [0, 0.1) is 0 Å². The predicted molar refractivity (Wildman–Crippen MR) is 85.6 cm³/mol. The molecule has 23 heavy (non-hydrogen) atoms. The normalized spacial score (nSPS) is 11.2. The van der Waals surface area contributed by atoms with Gasteiger partial charge in [0.25, 0.3) is 0 Å². The van der Waals surface area contributed by atoms with Gasteiger partial charge in [-0.3, -0.25) is 0 Å². The van der Waals surface area contributed by atoms with Crippen LogP contribution < -0.4 is 10.6 Å². The maximum atomic E-state index is 12.7. The third-order valence-corrected chi connectivity index (χ3v) is 3.61. The zero-order valence-corrected chi connectivity index (χ0v) is 13.4. The molecular formula is C14H8Cl3F3N2O. The summed E-state index contributed by atoms with van der Waals surface area (Å²) >= 11 is 17.5. The summed E-state index contributed by atoms with van der Waals surface area (Å²) in [5, 5.41) is 5.13. The van der Waals surface area contributed by atoms with Gasteiger partial charge in [0.2, 0.25) is 0 Å². The molecule has 0 heterocycles. The second-order valence-electron chi connectivity index (χ2n) is 4.40. The van der Waals surface area contributed by atoms with Crippen LogP contribution in [0.25, 0.3) is 0 Å². The van der Waals surface area contributed by atoms with E-state index in [0.29, 0.717) is 5.02 Å². The Bertz CT molecular complexity index is 751. The van der Waals surface area contributed by atoms with Crippen molar-refractivity contribution in [3.05, 3.63) is 57.0 Å². The number of amides is 2. The Hall–Kier alpha value is -1.63. The highest BCUT2D eigenvalue weighted by atomic mass is 35.5. The summed E-state index contributed by atoms with van der Waals surface area (Å²) in [6.45, 7) is 0. The van der Waals surface area contributed by atoms with Crippen LogP contribution in [-0.4, -0.2) is 6.03 Å². The average molecular weight is 384 g/mol. The van der Waals surface area contributed by atoms with E-state index in [0.717, 1.165) is 18.2 Å². The number of anilines is 2. The smallest absolute Gasteiger partial charge is 0.306 e. The van der Waals surface area contributed by atoms with E-state index in [4.69, 9.17) is 34.8 Å². The van der Waals surface area contributed by atoms with Gasteiger partial charge >= 0.3 is 12.2 Å². The first-order valence-electron chi connectivity index (χ1n) is 6.06. The summed E-state index contributed by atoms with van der Waals surface area (Å²) in [7, 11) is 0. The molecule has 2 amide bonds. The molecule has 0 aliphatic heterocycles. The van der Waals surface area contributed by atoms with Crippen molar-refractivity contribution in [2.24, 2.45) is 0 Å². The SMILES string of the molecule is O=C(Nc1cc(Cl)ccc1Cl)Nc1cc(C(F)(F)F)ccc1Cl. The molecule has 2 N–H and O–H groups in total. The molecule has 0 aliphatic carbocycles. The van der Waals surface area contributed by atoms with Gasteiger partial charge in [-0.1, -0.05) is 34.8 Å². The fourth-order valence-electron chi connectivity index (χ4n) is 1.67. The summed E-state index contributed by atoms with van der Waals surface area (Å²) in [6, 6.07) is 6.19. The van der Waals surface area contributed by atoms with Gasteiger partial charge in [-0.25, -0.2) is 4.79 Å². The standard InChI is InChI=1S/C14H8Cl3F3N2O/c15-8-2-4-10(17)12(6-8)22-13(23)21-11-5-7(14(18,19)20)1-3-9(11)16/h1-6H,(H2,21,22,23). The van der Waals surface area contributed by atoms with E-state index in [2.05, 4.69) is 10.6 Å². The lowest BCUT2D eigenvalue weighted by atomic mass is 10.2. The predicted octanol–water partition coefficient (Wildman–Crippen LogP) is 6.31. The quantitative estimate of drug-likeness (QED) is 0.627. The summed E-state index contributed by atoms with van der Waals surface area (Å²) in [5.41, 5.74) is -0.908. The Morgan fingerprint density at radius 3 is 1.96 bits per heavy atom. The van der Waals surface area contributed by atoms with Crippen LogP contribution in [0.15, 0.2) is 36.4 Å². The molecule has 0 unspecified atom stereocenters. The van der Waals surface area contributed by atoms with Gasteiger partial charge in [-0.05, 0) is 36.4 Å². The van der Waals surface area contributed by atoms with Crippen LogP contribution in [0.3, 0.4) is 0 Å². The van der Waals surface area contributed by atoms with Crippen LogP contribution in [0.5, 0.6) is 0 Å². The lowest BCUT2D eigenvalue weighted by Crippen LogP contribution is -2.20. The molecule has 0 aromatic heterocycles. The highest BCUT2D eigenvalue weighted by Gasteiger charge is 2.31. The first kappa shape index (κ1) is 17.7. The van der Waals surface area contributed by atoms with E-state index < -0.39 is 17.8 Å². The molecule has 0 aliphatic rings. The monoisotopic (exact) mass is 382 g/mol. The maximum absolute atomic E-state index is 12.7. The van der Waals surface area contributed by atoms with Crippen LogP contribution >= 0.6 is 34.8 Å². The molecule has 2 rings (SSSR count). The molecule has 0 atom stereocenters. The lowest BCUT2D eigenvalue weighted by molar-refractivity contribution is -0.137. The number of hydrogen-bond acceptors (Lipinski definition) is 1. The maximum Gasteiger partial charge on any atom is 0.416 e. The number of halogens is 6. The van der Waals surface area contributed by atoms with Gasteiger partial charge in [-0.15, -0.1) is 0 Å². The van der Waals surface area contributed by atoms with Crippen molar-refractivity contribution in [1.29, 1.82) is 0 Å². The molecule has 0 fully saturated rings. The molecule has 122 valence electrons. The molecule has 3 nitrogen and oxygen atoms in total. The molecule has 0 saturated heterocycles. The number of hydrogen-bond donors (Lipinski definition) is 2. The van der Waals surface area contributed by atoms with E-state index in [9.17, 15) is 18.0 Å². The summed E-state index contributed by atoms with van der Waals surface area (Å²) < 4.78 is 38.0. The fraction of sp³-hybridized carbons (Fsp3) is 0.0714. The minimum Gasteiger partial charge on any atom is -0.306 e. The van der Waals surface area contributed by atoms with Crippen molar-refractivity contribution in [3.8, 4) is 0 Å². The van der Waals surface area contributed by atoms with Crippen molar-refractivity contribution >= 4 is 52.2 Å². The summed E-state index contributed by atoms with van der Waals surface area (Å²) in [4.78, 5) is 11.9. The number of alkyl halides is 3. The Balaban J connectivity index is 2.18. The van der Waals surface area contributed by atoms with Gasteiger partial charge in [0.05, 0.1) is 27.0 Å². The third kappa shape index (κ3) is 4.67. The minimum absolute atomic E-state index is 0.0367. The highest BCUT2D eigenvalue weighted by molar-refractivity contribution is 6.36. The molecule has 2 aromatic carbocycles. The second kappa shape index (κ2) is 6.86. The van der Waals surface area contributed by atoms with E-state index in [1.54, 1.807) is 0 Å². The van der Waals surface area contributed by atoms with E-state index >= 15 is 0 Å². The highest BCUT2D eigenvalue weighted by Crippen LogP contribution is 2.34. The first-order chi connectivity index (χ1) is 10.7. The fourth-order valence-corrected chi connectivity index (χ4v) is 2.17. The van der Waals surface area contributed by atoms with Gasteiger partial charge in [0, 0.05) is 5.02 Å². The third-order valence-electron chi connectivity index (χ3n) is 2.72. The second-order valence-corrected chi connectivity index (χ2v) is 5.65. The van der Waals surface area contributed by atoms with Crippen molar-refractivity contribution in [2.75, 3.05) is 10.6 Å². The van der Waals surface area contributed by atoms with Gasteiger partial charge in [-0.2, -0.15) is 13.2 Å². The number of rotatable bonds is 2. The lowest BCUT2D eigenvalue weighted by Gasteiger charge is -2.13. The number of nitrogens with one attached hydrogen (secondary N) is 2. The van der Waals surface area contributed by atoms with Gasteiger partial charge < -0.3 is 10.6 Å². The summed E-state index contributed by atoms with van der Waals surface area (Å²) in [6.07, 6.45) is -4.55. The topological polar surface area (TPSA) is 41.1 Å². The van der Waals surface area contributed by atoms with E-state index in [1.165, 1.54) is 18.2 Å². The molecular weight excluding hydrogens is 376 g/mol. The van der Waals surface area contributed by atoms with Crippen LogP contribution in [0.1, 0.15) is 5.56 Å². The Morgan fingerprint density at radius 1 is 0.870 bits per heavy atom. The van der Waals surface area contributed by atoms with Crippen LogP contribution in [0.2, 0.25) is 15.1 Å². The van der Waals surface area contributed by atoms with Crippen molar-refractivity contribution in [2.45, 2.75) is 6.18 Å². The molecule has 0 bridgehead atoms. The molecule has 9 heteroatoms. The molecule has 0 spiro atoms. The Morgan fingerprint density at radius 2 is 1.39 bits per heavy atom. The van der Waals surface area contributed by atoms with E-state index in [-0.39, 0.29) is 21.4 Å². The molecule has 2 aromatic rings. The van der Waals surface area contributed by atoms with Crippen LogP contribution in [-0.2, 0) is 6.18 Å². The van der Waals surface area contributed by atoms with Crippen molar-refractivity contribution < 1.29 is 18.0 Å². The van der Waals surface area contributed by atoms with Gasteiger partial charge in [0.15, 0.2) is 0 Å². The van der Waals surface area contributed by atoms with Gasteiger partial charge in [0.1, 0.15) is 0 Å². The van der Waals surface area contributed by atoms with Crippen molar-refractivity contribution in [3.63, 3.8) is 0 Å². The minimum atomic E-state index is -4.55. The number of urea groups is 1. The Labute approximate surface area is 144 Å². The molecule has 0 saturated carbocycles. The number of benzene rings is 2. The van der Waals surface area contributed by atoms with Crippen LogP contribution in [0.4, 0.5) is 29.3 Å². The van der Waals surface area contributed by atoms with Crippen molar-refractivity contribution in [1.82, 2.24) is 0 Å². The summed E-state index contributed by atoms with van der Waals surface area (Å²) in [5.74, 6) is 0. The largest absolute Gasteiger partial charge is 0.416 e. The Kier molecular flexibility index (Phi) is 5.29.